The number of aliphatic hydroxyl groups is 1. The standard InChI is InChI=1S/C12H15N3O2/c1-12(2,17)6-13-11(16)8-3-4-9-10(5-8)15-7-14-9/h3-5,7,17H,6H2,1-2H3,(H,13,16)(H,14,15). The molecule has 2 aromatic rings. The molecular formula is C12H15N3O2. The van der Waals surface area contributed by atoms with Gasteiger partial charge in [0.05, 0.1) is 23.0 Å². The van der Waals surface area contributed by atoms with Crippen LogP contribution in [0.3, 0.4) is 0 Å². The van der Waals surface area contributed by atoms with Crippen LogP contribution in [0.25, 0.3) is 11.0 Å². The van der Waals surface area contributed by atoms with Gasteiger partial charge in [-0.3, -0.25) is 4.79 Å². The molecule has 0 bridgehead atoms. The highest BCUT2D eigenvalue weighted by molar-refractivity contribution is 5.97. The maximum atomic E-state index is 11.8. The Morgan fingerprint density at radius 3 is 3.00 bits per heavy atom. The quantitative estimate of drug-likeness (QED) is 0.741. The lowest BCUT2D eigenvalue weighted by Gasteiger charge is -2.17. The molecule has 0 aliphatic rings. The monoisotopic (exact) mass is 233 g/mol. The third-order valence-electron chi connectivity index (χ3n) is 2.36. The van der Waals surface area contributed by atoms with Crippen LogP contribution in [0.4, 0.5) is 0 Å². The predicted octanol–water partition coefficient (Wildman–Crippen LogP) is 1.06. The van der Waals surface area contributed by atoms with Crippen LogP contribution >= 0.6 is 0 Å². The number of carbonyl (C=O) groups excluding carboxylic acids is 1. The van der Waals surface area contributed by atoms with E-state index in [9.17, 15) is 9.90 Å². The number of imidazole rings is 1. The van der Waals surface area contributed by atoms with Gasteiger partial charge < -0.3 is 15.4 Å². The van der Waals surface area contributed by atoms with E-state index in [0.29, 0.717) is 5.56 Å². The molecule has 0 aliphatic carbocycles. The lowest BCUT2D eigenvalue weighted by molar-refractivity contribution is 0.0694. The first-order valence-electron chi connectivity index (χ1n) is 5.39. The van der Waals surface area contributed by atoms with E-state index in [0.717, 1.165) is 11.0 Å². The number of nitrogens with zero attached hydrogens (tertiary/aromatic N) is 1. The minimum Gasteiger partial charge on any atom is -0.389 e. The molecule has 1 amide bonds. The molecule has 17 heavy (non-hydrogen) atoms. The Balaban J connectivity index is 2.13. The third-order valence-corrected chi connectivity index (χ3v) is 2.36. The Morgan fingerprint density at radius 2 is 2.29 bits per heavy atom. The second-order valence-corrected chi connectivity index (χ2v) is 4.63. The van der Waals surface area contributed by atoms with Crippen molar-refractivity contribution >= 4 is 16.9 Å². The van der Waals surface area contributed by atoms with Crippen molar-refractivity contribution in [1.29, 1.82) is 0 Å². The number of hydrogen-bond donors (Lipinski definition) is 3. The minimum atomic E-state index is -0.909. The first-order valence-corrected chi connectivity index (χ1v) is 5.39. The molecule has 0 saturated carbocycles. The van der Waals surface area contributed by atoms with Crippen molar-refractivity contribution in [2.75, 3.05) is 6.54 Å². The molecule has 2 rings (SSSR count). The SMILES string of the molecule is CC(C)(O)CNC(=O)c1ccc2nc[nH]c2c1. The highest BCUT2D eigenvalue weighted by Gasteiger charge is 2.15. The molecule has 0 radical (unpaired) electrons. The maximum absolute atomic E-state index is 11.8. The summed E-state index contributed by atoms with van der Waals surface area (Å²) in [5.41, 5.74) is 1.28. The molecular weight excluding hydrogens is 218 g/mol. The van der Waals surface area contributed by atoms with Crippen molar-refractivity contribution in [3.05, 3.63) is 30.1 Å². The normalized spacial score (nSPS) is 11.7. The Labute approximate surface area is 98.9 Å². The van der Waals surface area contributed by atoms with Gasteiger partial charge in [-0.15, -0.1) is 0 Å². The van der Waals surface area contributed by atoms with E-state index in [1.807, 2.05) is 0 Å². The molecule has 5 nitrogen and oxygen atoms in total. The van der Waals surface area contributed by atoms with Crippen molar-refractivity contribution in [3.63, 3.8) is 0 Å². The van der Waals surface area contributed by atoms with Crippen LogP contribution in [0.15, 0.2) is 24.5 Å². The highest BCUT2D eigenvalue weighted by Crippen LogP contribution is 2.11. The molecule has 1 aromatic carbocycles. The van der Waals surface area contributed by atoms with E-state index in [4.69, 9.17) is 0 Å². The van der Waals surface area contributed by atoms with Gasteiger partial charge in [-0.1, -0.05) is 0 Å². The van der Waals surface area contributed by atoms with E-state index < -0.39 is 5.60 Å². The zero-order chi connectivity index (χ0) is 12.5. The van der Waals surface area contributed by atoms with Gasteiger partial charge in [-0.2, -0.15) is 0 Å². The first-order chi connectivity index (χ1) is 7.96. The molecule has 0 aliphatic heterocycles. The van der Waals surface area contributed by atoms with Crippen LogP contribution < -0.4 is 5.32 Å². The van der Waals surface area contributed by atoms with Crippen LogP contribution in [0.5, 0.6) is 0 Å². The van der Waals surface area contributed by atoms with Gasteiger partial charge in [0.15, 0.2) is 0 Å². The average molecular weight is 233 g/mol. The molecule has 0 spiro atoms. The Morgan fingerprint density at radius 1 is 1.53 bits per heavy atom. The Hall–Kier alpha value is -1.88. The van der Waals surface area contributed by atoms with Crippen molar-refractivity contribution in [2.45, 2.75) is 19.4 Å². The number of nitrogens with one attached hydrogen (secondary N) is 2. The molecule has 5 heteroatoms. The minimum absolute atomic E-state index is 0.205. The smallest absolute Gasteiger partial charge is 0.251 e. The van der Waals surface area contributed by atoms with E-state index in [1.54, 1.807) is 38.4 Å². The number of benzene rings is 1. The Bertz CT molecular complexity index is 540. The third kappa shape index (κ3) is 2.82. The molecule has 0 unspecified atom stereocenters. The molecule has 0 saturated heterocycles. The zero-order valence-electron chi connectivity index (χ0n) is 9.82. The summed E-state index contributed by atoms with van der Waals surface area (Å²) >= 11 is 0. The van der Waals surface area contributed by atoms with Gasteiger partial charge in [-0.05, 0) is 32.0 Å². The van der Waals surface area contributed by atoms with E-state index >= 15 is 0 Å². The number of hydrogen-bond acceptors (Lipinski definition) is 3. The van der Waals surface area contributed by atoms with Crippen LogP contribution in [-0.4, -0.2) is 33.1 Å². The second kappa shape index (κ2) is 4.18. The summed E-state index contributed by atoms with van der Waals surface area (Å²) < 4.78 is 0. The predicted molar refractivity (Wildman–Crippen MR) is 64.7 cm³/mol. The summed E-state index contributed by atoms with van der Waals surface area (Å²) in [7, 11) is 0. The highest BCUT2D eigenvalue weighted by atomic mass is 16.3. The number of H-pyrrole nitrogens is 1. The number of rotatable bonds is 3. The van der Waals surface area contributed by atoms with Crippen molar-refractivity contribution in [1.82, 2.24) is 15.3 Å². The van der Waals surface area contributed by atoms with E-state index in [-0.39, 0.29) is 12.5 Å². The number of fused-ring (bicyclic) bond motifs is 1. The topological polar surface area (TPSA) is 78.0 Å². The largest absolute Gasteiger partial charge is 0.389 e. The van der Waals surface area contributed by atoms with Crippen LogP contribution in [0, 0.1) is 0 Å². The fraction of sp³-hybridized carbons (Fsp3) is 0.333. The van der Waals surface area contributed by atoms with Gasteiger partial charge in [-0.25, -0.2) is 4.98 Å². The molecule has 1 aromatic heterocycles. The van der Waals surface area contributed by atoms with E-state index in [1.165, 1.54) is 0 Å². The lowest BCUT2D eigenvalue weighted by Crippen LogP contribution is -2.38. The van der Waals surface area contributed by atoms with Gasteiger partial charge >= 0.3 is 0 Å². The first kappa shape index (κ1) is 11.6. The second-order valence-electron chi connectivity index (χ2n) is 4.63. The van der Waals surface area contributed by atoms with Crippen molar-refractivity contribution in [3.8, 4) is 0 Å². The summed E-state index contributed by atoms with van der Waals surface area (Å²) in [5.74, 6) is -0.205. The van der Waals surface area contributed by atoms with Crippen LogP contribution in [-0.2, 0) is 0 Å². The zero-order valence-corrected chi connectivity index (χ0v) is 9.82. The van der Waals surface area contributed by atoms with Gasteiger partial charge in [0.1, 0.15) is 0 Å². The summed E-state index contributed by atoms with van der Waals surface area (Å²) in [6.07, 6.45) is 1.59. The molecule has 0 fully saturated rings. The van der Waals surface area contributed by atoms with Gasteiger partial charge in [0, 0.05) is 12.1 Å². The van der Waals surface area contributed by atoms with Crippen molar-refractivity contribution < 1.29 is 9.90 Å². The lowest BCUT2D eigenvalue weighted by atomic mass is 10.1. The van der Waals surface area contributed by atoms with Gasteiger partial charge in [0.2, 0.25) is 0 Å². The number of aromatic amines is 1. The fourth-order valence-electron chi connectivity index (χ4n) is 1.48. The van der Waals surface area contributed by atoms with Crippen LogP contribution in [0.2, 0.25) is 0 Å². The average Bonchev–Trinajstić information content (AvgIpc) is 2.71. The molecule has 1 heterocycles. The summed E-state index contributed by atoms with van der Waals surface area (Å²) in [6, 6.07) is 5.23. The summed E-state index contributed by atoms with van der Waals surface area (Å²) in [4.78, 5) is 18.8. The van der Waals surface area contributed by atoms with Crippen molar-refractivity contribution in [2.24, 2.45) is 0 Å². The van der Waals surface area contributed by atoms with E-state index in [2.05, 4.69) is 15.3 Å². The number of amides is 1. The summed E-state index contributed by atoms with van der Waals surface area (Å²) in [5, 5.41) is 12.2. The molecule has 0 atom stereocenters. The molecule has 90 valence electrons. The number of carbonyl (C=O) groups is 1. The fourth-order valence-corrected chi connectivity index (χ4v) is 1.48. The molecule has 3 N–H and O–H groups in total. The maximum Gasteiger partial charge on any atom is 0.251 e. The Kier molecular flexibility index (Phi) is 2.85. The summed E-state index contributed by atoms with van der Waals surface area (Å²) in [6.45, 7) is 3.50. The van der Waals surface area contributed by atoms with Crippen LogP contribution in [0.1, 0.15) is 24.2 Å². The van der Waals surface area contributed by atoms with Gasteiger partial charge in [0.25, 0.3) is 5.91 Å². The number of aromatic nitrogens is 2.